The quantitative estimate of drug-likeness (QED) is 0.580. The Morgan fingerprint density at radius 2 is 1.49 bits per heavy atom. The molecular formula is C32H39N3O6. The molecule has 2 amide bonds. The normalized spacial score (nSPS) is 24.6. The number of nitrogens with zero attached hydrogens (tertiary/aromatic N) is 3. The van der Waals surface area contributed by atoms with Crippen LogP contribution in [0.2, 0.25) is 0 Å². The van der Waals surface area contributed by atoms with E-state index in [1.807, 2.05) is 45.0 Å². The Balaban J connectivity index is 1.06. The molecule has 0 aromatic heterocycles. The molecule has 3 aliphatic heterocycles. The van der Waals surface area contributed by atoms with E-state index in [0.717, 1.165) is 24.0 Å². The van der Waals surface area contributed by atoms with E-state index in [9.17, 15) is 19.5 Å². The van der Waals surface area contributed by atoms with Gasteiger partial charge >= 0.3 is 18.2 Å². The number of fused-ring (bicyclic) bond motifs is 4. The van der Waals surface area contributed by atoms with Crippen LogP contribution in [-0.4, -0.2) is 95.5 Å². The maximum atomic E-state index is 13.3. The summed E-state index contributed by atoms with van der Waals surface area (Å²) in [6.45, 7) is 8.52. The van der Waals surface area contributed by atoms with Gasteiger partial charge in [-0.25, -0.2) is 9.59 Å². The first kappa shape index (κ1) is 27.6. The molecule has 2 aromatic carbocycles. The van der Waals surface area contributed by atoms with Gasteiger partial charge in [-0.15, -0.1) is 0 Å². The number of likely N-dealkylation sites (tertiary alicyclic amines) is 3. The molecule has 2 aromatic rings. The Hall–Kier alpha value is -3.59. The highest BCUT2D eigenvalue weighted by Crippen LogP contribution is 2.46. The van der Waals surface area contributed by atoms with Crippen LogP contribution in [0.15, 0.2) is 48.5 Å². The Morgan fingerprint density at radius 3 is 2.05 bits per heavy atom. The van der Waals surface area contributed by atoms with E-state index in [0.29, 0.717) is 32.7 Å². The average molecular weight is 562 g/mol. The van der Waals surface area contributed by atoms with Crippen molar-refractivity contribution in [3.8, 4) is 11.1 Å². The number of piperidine rings is 1. The summed E-state index contributed by atoms with van der Waals surface area (Å²) < 4.78 is 11.4. The zero-order chi connectivity index (χ0) is 28.9. The van der Waals surface area contributed by atoms with Crippen molar-refractivity contribution in [3.05, 3.63) is 59.7 Å². The van der Waals surface area contributed by atoms with Crippen molar-refractivity contribution in [2.45, 2.75) is 51.2 Å². The van der Waals surface area contributed by atoms with Gasteiger partial charge in [-0.2, -0.15) is 0 Å². The van der Waals surface area contributed by atoms with Gasteiger partial charge in [-0.05, 0) is 55.9 Å². The Labute approximate surface area is 241 Å². The number of hydrogen-bond donors (Lipinski definition) is 1. The van der Waals surface area contributed by atoms with Crippen LogP contribution in [0.3, 0.4) is 0 Å². The number of carbonyl (C=O) groups excluding carboxylic acids is 2. The average Bonchev–Trinajstić information content (AvgIpc) is 3.59. The van der Waals surface area contributed by atoms with E-state index in [4.69, 9.17) is 9.47 Å². The molecule has 2 atom stereocenters. The molecular weight excluding hydrogens is 522 g/mol. The zero-order valence-corrected chi connectivity index (χ0v) is 24.0. The molecule has 1 aliphatic carbocycles. The zero-order valence-electron chi connectivity index (χ0n) is 24.0. The molecule has 9 nitrogen and oxygen atoms in total. The molecule has 3 saturated heterocycles. The highest BCUT2D eigenvalue weighted by atomic mass is 16.6. The molecule has 6 rings (SSSR count). The summed E-state index contributed by atoms with van der Waals surface area (Å²) in [7, 11) is 0. The minimum Gasteiger partial charge on any atom is -0.481 e. The van der Waals surface area contributed by atoms with Gasteiger partial charge in [-0.1, -0.05) is 48.5 Å². The van der Waals surface area contributed by atoms with E-state index in [1.54, 1.807) is 9.80 Å². The summed E-state index contributed by atoms with van der Waals surface area (Å²) in [6.07, 6.45) is 0.810. The first-order valence-corrected chi connectivity index (χ1v) is 14.6. The monoisotopic (exact) mass is 561 g/mol. The lowest BCUT2D eigenvalue weighted by molar-refractivity contribution is -0.148. The van der Waals surface area contributed by atoms with Gasteiger partial charge in [0.15, 0.2) is 0 Å². The summed E-state index contributed by atoms with van der Waals surface area (Å²) in [5, 5.41) is 10.4. The fourth-order valence-electron chi connectivity index (χ4n) is 7.25. The topological polar surface area (TPSA) is 99.6 Å². The van der Waals surface area contributed by atoms with Crippen molar-refractivity contribution in [2.75, 3.05) is 45.9 Å². The molecule has 4 aliphatic rings. The Kier molecular flexibility index (Phi) is 6.96. The number of amides is 2. The fourth-order valence-corrected chi connectivity index (χ4v) is 7.25. The third kappa shape index (κ3) is 5.05. The number of carboxylic acid groups (broad SMARTS) is 1. The van der Waals surface area contributed by atoms with E-state index in [2.05, 4.69) is 29.2 Å². The molecule has 0 bridgehead atoms. The molecule has 218 valence electrons. The maximum Gasteiger partial charge on any atom is 0.410 e. The van der Waals surface area contributed by atoms with Crippen LogP contribution in [0, 0.1) is 11.3 Å². The van der Waals surface area contributed by atoms with E-state index < -0.39 is 23.1 Å². The molecule has 0 saturated carbocycles. The van der Waals surface area contributed by atoms with Gasteiger partial charge in [0.2, 0.25) is 0 Å². The number of hydrogen-bond acceptors (Lipinski definition) is 6. The van der Waals surface area contributed by atoms with E-state index in [-0.39, 0.29) is 37.1 Å². The van der Waals surface area contributed by atoms with Gasteiger partial charge in [0, 0.05) is 57.1 Å². The summed E-state index contributed by atoms with van der Waals surface area (Å²) >= 11 is 0. The largest absolute Gasteiger partial charge is 0.481 e. The molecule has 2 unspecified atom stereocenters. The van der Waals surface area contributed by atoms with Crippen LogP contribution in [0.1, 0.15) is 50.7 Å². The van der Waals surface area contributed by atoms with Crippen LogP contribution in [-0.2, 0) is 14.3 Å². The third-order valence-electron chi connectivity index (χ3n) is 9.29. The lowest BCUT2D eigenvalue weighted by atomic mass is 9.81. The van der Waals surface area contributed by atoms with Gasteiger partial charge in [-0.3, -0.25) is 9.69 Å². The van der Waals surface area contributed by atoms with Crippen molar-refractivity contribution < 1.29 is 29.0 Å². The minimum atomic E-state index is -1.01. The van der Waals surface area contributed by atoms with Crippen LogP contribution in [0.5, 0.6) is 0 Å². The van der Waals surface area contributed by atoms with Gasteiger partial charge in [0.1, 0.15) is 17.6 Å². The molecule has 3 fully saturated rings. The van der Waals surface area contributed by atoms with Crippen LogP contribution < -0.4 is 0 Å². The van der Waals surface area contributed by atoms with E-state index >= 15 is 0 Å². The summed E-state index contributed by atoms with van der Waals surface area (Å²) in [6, 6.07) is 16.6. The standard InChI is InChI=1S/C32H39N3O6/c1-31(2,3)41-30(39)33-14-12-22(13-15-33)34-16-21-17-35(20-32(21,19-34)28(36)37)29(38)40-18-27-25-10-6-4-8-23(25)24-9-5-7-11-26(24)27/h4-11,21-22,27H,12-20H2,1-3H3,(H,36,37). The van der Waals surface area contributed by atoms with Crippen molar-refractivity contribution in [2.24, 2.45) is 11.3 Å². The lowest BCUT2D eigenvalue weighted by Crippen LogP contribution is -2.49. The van der Waals surface area contributed by atoms with Gasteiger partial charge in [0.25, 0.3) is 0 Å². The second kappa shape index (κ2) is 10.4. The number of benzene rings is 2. The van der Waals surface area contributed by atoms with Gasteiger partial charge < -0.3 is 24.4 Å². The maximum absolute atomic E-state index is 13.3. The predicted molar refractivity (Wildman–Crippen MR) is 153 cm³/mol. The smallest absolute Gasteiger partial charge is 0.410 e. The first-order chi connectivity index (χ1) is 19.6. The molecule has 0 spiro atoms. The summed E-state index contributed by atoms with van der Waals surface area (Å²) in [4.78, 5) is 44.0. The molecule has 0 radical (unpaired) electrons. The Morgan fingerprint density at radius 1 is 0.878 bits per heavy atom. The highest BCUT2D eigenvalue weighted by Gasteiger charge is 2.59. The number of carbonyl (C=O) groups is 3. The van der Waals surface area contributed by atoms with Crippen molar-refractivity contribution in [1.82, 2.24) is 14.7 Å². The molecule has 41 heavy (non-hydrogen) atoms. The van der Waals surface area contributed by atoms with Crippen LogP contribution in [0.25, 0.3) is 11.1 Å². The van der Waals surface area contributed by atoms with Crippen LogP contribution >= 0.6 is 0 Å². The third-order valence-corrected chi connectivity index (χ3v) is 9.29. The number of ether oxygens (including phenoxy) is 2. The lowest BCUT2D eigenvalue weighted by Gasteiger charge is -2.38. The SMILES string of the molecule is CC(C)(C)OC(=O)N1CCC(N2CC3CN(C(=O)OCC4c5ccccc5-c5ccccc54)CC3(C(=O)O)C2)CC1. The first-order valence-electron chi connectivity index (χ1n) is 14.6. The molecule has 1 N–H and O–H groups in total. The van der Waals surface area contributed by atoms with Crippen molar-refractivity contribution >= 4 is 18.2 Å². The second-order valence-corrected chi connectivity index (χ2v) is 13.0. The number of rotatable bonds is 4. The summed E-state index contributed by atoms with van der Waals surface area (Å²) in [5.74, 6) is -1.06. The highest BCUT2D eigenvalue weighted by molar-refractivity contribution is 5.80. The van der Waals surface area contributed by atoms with Crippen molar-refractivity contribution in [1.29, 1.82) is 0 Å². The van der Waals surface area contributed by atoms with Gasteiger partial charge in [0.05, 0.1) is 0 Å². The predicted octanol–water partition coefficient (Wildman–Crippen LogP) is 4.65. The summed E-state index contributed by atoms with van der Waals surface area (Å²) in [5.41, 5.74) is 3.09. The number of carboxylic acids is 1. The number of aliphatic carboxylic acids is 1. The Bertz CT molecular complexity index is 1300. The van der Waals surface area contributed by atoms with Crippen LogP contribution in [0.4, 0.5) is 9.59 Å². The van der Waals surface area contributed by atoms with Crippen molar-refractivity contribution in [3.63, 3.8) is 0 Å². The minimum absolute atomic E-state index is 0.0380. The fraction of sp³-hybridized carbons (Fsp3) is 0.531. The molecule has 9 heteroatoms. The van der Waals surface area contributed by atoms with E-state index in [1.165, 1.54) is 11.1 Å². The second-order valence-electron chi connectivity index (χ2n) is 13.0. The molecule has 3 heterocycles.